The molecule has 9 nitrogen and oxygen atoms in total. The molecule has 5 rings (SSSR count). The molecule has 0 aliphatic carbocycles. The summed E-state index contributed by atoms with van der Waals surface area (Å²) in [4.78, 5) is 27.0. The van der Waals surface area contributed by atoms with Crippen molar-refractivity contribution in [2.75, 3.05) is 0 Å². The monoisotopic (exact) mass is 573 g/mol. The number of nitrogens with one attached hydrogen (secondary N) is 1. The van der Waals surface area contributed by atoms with Gasteiger partial charge >= 0.3 is 5.69 Å². The van der Waals surface area contributed by atoms with Crippen LogP contribution in [0.1, 0.15) is 40.2 Å². The zero-order valence-electron chi connectivity index (χ0n) is 24.2. The Morgan fingerprint density at radius 1 is 0.951 bits per heavy atom. The maximum atomic E-state index is 13.7. The zero-order chi connectivity index (χ0) is 29.7. The van der Waals surface area contributed by atoms with Gasteiger partial charge in [-0.1, -0.05) is 68.4 Å². The molecule has 0 aliphatic heterocycles. The molecule has 1 N–H and O–H groups in total. The standard InChI is InChI=1S/C31H35N5O4S/c1-20(2)18-35-28-26(29(37)34(6)30(35)38)27(22-13-10-15-24(17-22)41(39,40)33-31(3,4)5)36(32-28)19-23-14-9-12-21-11-7-8-16-25(21)23/h7-17,20,33H,18-19H2,1-6H3. The Balaban J connectivity index is 1.82. The van der Waals surface area contributed by atoms with Crippen LogP contribution in [0.2, 0.25) is 0 Å². The number of aromatic nitrogens is 4. The Hall–Kier alpha value is -4.02. The van der Waals surface area contributed by atoms with E-state index in [0.29, 0.717) is 24.3 Å². The number of rotatable bonds is 7. The number of benzene rings is 3. The molecular formula is C31H35N5O4S. The first-order chi connectivity index (χ1) is 19.3. The van der Waals surface area contributed by atoms with Crippen LogP contribution < -0.4 is 16.0 Å². The van der Waals surface area contributed by atoms with Gasteiger partial charge in [-0.3, -0.25) is 18.6 Å². The lowest BCUT2D eigenvalue weighted by atomic mass is 10.0. The average Bonchev–Trinajstić information content (AvgIpc) is 3.28. The molecule has 0 saturated carbocycles. The van der Waals surface area contributed by atoms with Gasteiger partial charge in [-0.2, -0.15) is 5.10 Å². The SMILES string of the molecule is CC(C)Cn1c(=O)n(C)c(=O)c2c(-c3cccc(S(=O)(=O)NC(C)(C)C)c3)n(Cc3cccc4ccccc34)nc21. The lowest BCUT2D eigenvalue weighted by molar-refractivity contribution is 0.491. The van der Waals surface area contributed by atoms with Crippen LogP contribution in [0.3, 0.4) is 0 Å². The van der Waals surface area contributed by atoms with Crippen LogP contribution in [-0.2, 0) is 30.2 Å². The van der Waals surface area contributed by atoms with Crippen LogP contribution in [0.25, 0.3) is 33.1 Å². The summed E-state index contributed by atoms with van der Waals surface area (Å²) in [7, 11) is -2.39. The third-order valence-electron chi connectivity index (χ3n) is 6.83. The van der Waals surface area contributed by atoms with E-state index in [0.717, 1.165) is 20.9 Å². The van der Waals surface area contributed by atoms with Crippen molar-refractivity contribution in [1.82, 2.24) is 23.6 Å². The van der Waals surface area contributed by atoms with E-state index in [1.54, 1.807) is 43.7 Å². The maximum Gasteiger partial charge on any atom is 0.332 e. The summed E-state index contributed by atoms with van der Waals surface area (Å²) >= 11 is 0. The first kappa shape index (κ1) is 28.5. The van der Waals surface area contributed by atoms with E-state index in [1.807, 2.05) is 56.3 Å². The lowest BCUT2D eigenvalue weighted by Crippen LogP contribution is -2.40. The van der Waals surface area contributed by atoms with Crippen LogP contribution >= 0.6 is 0 Å². The van der Waals surface area contributed by atoms with Gasteiger partial charge in [0.05, 0.1) is 17.1 Å². The quantitative estimate of drug-likeness (QED) is 0.309. The van der Waals surface area contributed by atoms with E-state index in [1.165, 1.54) is 17.7 Å². The van der Waals surface area contributed by atoms with Crippen molar-refractivity contribution < 1.29 is 8.42 Å². The molecular weight excluding hydrogens is 538 g/mol. The molecule has 0 amide bonds. The molecule has 0 atom stereocenters. The third-order valence-corrected chi connectivity index (χ3v) is 8.59. The second-order valence-corrected chi connectivity index (χ2v) is 13.6. The Kier molecular flexibility index (Phi) is 7.25. The molecule has 0 unspecified atom stereocenters. The first-order valence-corrected chi connectivity index (χ1v) is 15.1. The molecule has 0 bridgehead atoms. The molecule has 214 valence electrons. The molecule has 2 aromatic heterocycles. The van der Waals surface area contributed by atoms with Gasteiger partial charge in [0.15, 0.2) is 5.65 Å². The fourth-order valence-electron chi connectivity index (χ4n) is 5.16. The summed E-state index contributed by atoms with van der Waals surface area (Å²) < 4.78 is 33.5. The highest BCUT2D eigenvalue weighted by Crippen LogP contribution is 2.30. The zero-order valence-corrected chi connectivity index (χ0v) is 25.0. The molecule has 0 fully saturated rings. The van der Waals surface area contributed by atoms with Crippen molar-refractivity contribution in [3.8, 4) is 11.3 Å². The summed E-state index contributed by atoms with van der Waals surface area (Å²) in [5.74, 6) is 0.122. The summed E-state index contributed by atoms with van der Waals surface area (Å²) in [5, 5.41) is 7.24. The second kappa shape index (κ2) is 10.4. The largest absolute Gasteiger partial charge is 0.332 e. The van der Waals surface area contributed by atoms with Gasteiger partial charge < -0.3 is 0 Å². The van der Waals surface area contributed by atoms with Gasteiger partial charge in [-0.15, -0.1) is 0 Å². The van der Waals surface area contributed by atoms with Crippen molar-refractivity contribution >= 4 is 31.8 Å². The van der Waals surface area contributed by atoms with Crippen molar-refractivity contribution in [1.29, 1.82) is 0 Å². The van der Waals surface area contributed by atoms with Crippen LogP contribution in [0.4, 0.5) is 0 Å². The van der Waals surface area contributed by atoms with E-state index in [2.05, 4.69) is 4.72 Å². The number of hydrogen-bond donors (Lipinski definition) is 1. The number of fused-ring (bicyclic) bond motifs is 2. The van der Waals surface area contributed by atoms with Crippen LogP contribution in [0.5, 0.6) is 0 Å². The molecule has 5 aromatic rings. The molecule has 10 heteroatoms. The van der Waals surface area contributed by atoms with Gasteiger partial charge in [0, 0.05) is 24.7 Å². The van der Waals surface area contributed by atoms with Gasteiger partial charge in [0.25, 0.3) is 5.56 Å². The van der Waals surface area contributed by atoms with Gasteiger partial charge in [0.1, 0.15) is 5.39 Å². The van der Waals surface area contributed by atoms with E-state index in [4.69, 9.17) is 5.10 Å². The van der Waals surface area contributed by atoms with Crippen LogP contribution in [-0.4, -0.2) is 32.9 Å². The van der Waals surface area contributed by atoms with E-state index in [-0.39, 0.29) is 21.8 Å². The maximum absolute atomic E-state index is 13.7. The smallest absolute Gasteiger partial charge is 0.276 e. The Morgan fingerprint density at radius 2 is 1.63 bits per heavy atom. The molecule has 41 heavy (non-hydrogen) atoms. The Morgan fingerprint density at radius 3 is 2.34 bits per heavy atom. The minimum Gasteiger partial charge on any atom is -0.276 e. The highest BCUT2D eigenvalue weighted by Gasteiger charge is 2.26. The van der Waals surface area contributed by atoms with Gasteiger partial charge in [-0.05, 0) is 55.2 Å². The first-order valence-electron chi connectivity index (χ1n) is 13.6. The highest BCUT2D eigenvalue weighted by molar-refractivity contribution is 7.89. The van der Waals surface area contributed by atoms with Crippen LogP contribution in [0.15, 0.2) is 81.2 Å². The van der Waals surface area contributed by atoms with Crippen molar-refractivity contribution in [3.63, 3.8) is 0 Å². The summed E-state index contributed by atoms with van der Waals surface area (Å²) in [6, 6.07) is 20.5. The third kappa shape index (κ3) is 5.49. The predicted molar refractivity (Wildman–Crippen MR) is 163 cm³/mol. The number of nitrogens with zero attached hydrogens (tertiary/aromatic N) is 4. The predicted octanol–water partition coefficient (Wildman–Crippen LogP) is 4.50. The van der Waals surface area contributed by atoms with Gasteiger partial charge in [-0.25, -0.2) is 17.9 Å². The Bertz CT molecular complexity index is 2010. The molecule has 3 aromatic carbocycles. The number of sulfonamides is 1. The highest BCUT2D eigenvalue weighted by atomic mass is 32.2. The van der Waals surface area contributed by atoms with Crippen molar-refractivity contribution in [2.45, 2.75) is 58.1 Å². The fourth-order valence-corrected chi connectivity index (χ4v) is 6.63. The molecule has 0 aliphatic rings. The Labute approximate surface area is 239 Å². The van der Waals surface area contributed by atoms with Gasteiger partial charge in [0.2, 0.25) is 10.0 Å². The second-order valence-electron chi connectivity index (χ2n) is 11.9. The topological polar surface area (TPSA) is 108 Å². The normalized spacial score (nSPS) is 12.6. The van der Waals surface area contributed by atoms with Crippen LogP contribution in [0, 0.1) is 5.92 Å². The van der Waals surface area contributed by atoms with Crippen molar-refractivity contribution in [3.05, 3.63) is 93.1 Å². The summed E-state index contributed by atoms with van der Waals surface area (Å²) in [5.41, 5.74) is 0.623. The minimum atomic E-state index is -3.85. The molecule has 0 spiro atoms. The van der Waals surface area contributed by atoms with E-state index in [9.17, 15) is 18.0 Å². The molecule has 0 radical (unpaired) electrons. The molecule has 0 saturated heterocycles. The lowest BCUT2D eigenvalue weighted by Gasteiger charge is -2.20. The summed E-state index contributed by atoms with van der Waals surface area (Å²) in [6.07, 6.45) is 0. The number of hydrogen-bond acceptors (Lipinski definition) is 5. The minimum absolute atomic E-state index is 0.0725. The summed E-state index contributed by atoms with van der Waals surface area (Å²) in [6.45, 7) is 10.00. The van der Waals surface area contributed by atoms with E-state index < -0.39 is 26.8 Å². The van der Waals surface area contributed by atoms with Crippen molar-refractivity contribution in [2.24, 2.45) is 13.0 Å². The fraction of sp³-hybridized carbons (Fsp3) is 0.323. The van der Waals surface area contributed by atoms with E-state index >= 15 is 0 Å². The molecule has 2 heterocycles. The average molecular weight is 574 g/mol.